The summed E-state index contributed by atoms with van der Waals surface area (Å²) in [5.74, 6) is -1.11. The first-order valence-electron chi connectivity index (χ1n) is 8.85. The van der Waals surface area contributed by atoms with E-state index in [2.05, 4.69) is 15.6 Å². The number of benzene rings is 1. The van der Waals surface area contributed by atoms with Gasteiger partial charge in [0.25, 0.3) is 5.91 Å². The maximum Gasteiger partial charge on any atom is 0.321 e. The van der Waals surface area contributed by atoms with Crippen molar-refractivity contribution in [1.82, 2.24) is 15.6 Å². The maximum atomic E-state index is 11.7. The number of amides is 3. The lowest BCUT2D eigenvalue weighted by Crippen LogP contribution is -2.49. The number of fused-ring (bicyclic) bond motifs is 1. The van der Waals surface area contributed by atoms with Crippen molar-refractivity contribution >= 4 is 39.5 Å². The van der Waals surface area contributed by atoms with Crippen molar-refractivity contribution < 1.29 is 19.1 Å². The van der Waals surface area contributed by atoms with E-state index in [1.165, 1.54) is 0 Å². The molecule has 0 saturated heterocycles. The number of rotatable bonds is 7. The van der Waals surface area contributed by atoms with Crippen LogP contribution in [-0.4, -0.2) is 35.0 Å². The lowest BCUT2D eigenvalue weighted by atomic mass is 10.1. The normalized spacial score (nSPS) is 11.2. The van der Waals surface area contributed by atoms with Gasteiger partial charge >= 0.3 is 12.0 Å². The molecular weight excluding hydrogens is 366 g/mol. The second-order valence-electron chi connectivity index (χ2n) is 7.20. The Hall–Kier alpha value is -2.48. The SMILES string of the molecule is CC(C)(C)NC(=O)NC(=O)COC(=O)CCCCc1nc2ccccc2s1. The molecule has 0 bridgehead atoms. The minimum absolute atomic E-state index is 0.229. The van der Waals surface area contributed by atoms with E-state index in [1.807, 2.05) is 24.3 Å². The van der Waals surface area contributed by atoms with Crippen LogP contribution in [0.25, 0.3) is 10.2 Å². The van der Waals surface area contributed by atoms with E-state index >= 15 is 0 Å². The number of carbonyl (C=O) groups excluding carboxylic acids is 3. The molecule has 8 heteroatoms. The van der Waals surface area contributed by atoms with E-state index in [1.54, 1.807) is 32.1 Å². The van der Waals surface area contributed by atoms with Crippen LogP contribution in [0.3, 0.4) is 0 Å². The lowest BCUT2D eigenvalue weighted by Gasteiger charge is -2.20. The molecule has 0 aliphatic carbocycles. The van der Waals surface area contributed by atoms with Gasteiger partial charge in [0, 0.05) is 12.0 Å². The zero-order valence-corrected chi connectivity index (χ0v) is 16.6. The number of ether oxygens (including phenoxy) is 1. The Morgan fingerprint density at radius 3 is 2.59 bits per heavy atom. The summed E-state index contributed by atoms with van der Waals surface area (Å²) < 4.78 is 6.05. The van der Waals surface area contributed by atoms with Gasteiger partial charge in [-0.1, -0.05) is 12.1 Å². The summed E-state index contributed by atoms with van der Waals surface area (Å²) in [4.78, 5) is 39.4. The van der Waals surface area contributed by atoms with E-state index in [9.17, 15) is 14.4 Å². The van der Waals surface area contributed by atoms with Crippen LogP contribution in [0, 0.1) is 0 Å². The molecule has 2 N–H and O–H groups in total. The van der Waals surface area contributed by atoms with E-state index in [0.717, 1.165) is 28.1 Å². The van der Waals surface area contributed by atoms with Crippen molar-refractivity contribution in [2.75, 3.05) is 6.61 Å². The van der Waals surface area contributed by atoms with Gasteiger partial charge in [0.15, 0.2) is 6.61 Å². The minimum Gasteiger partial charge on any atom is -0.456 e. The number of aromatic nitrogens is 1. The van der Waals surface area contributed by atoms with Gasteiger partial charge in [0.05, 0.1) is 15.2 Å². The highest BCUT2D eigenvalue weighted by Crippen LogP contribution is 2.22. The highest BCUT2D eigenvalue weighted by atomic mass is 32.1. The molecule has 0 aliphatic rings. The molecule has 0 unspecified atom stereocenters. The van der Waals surface area contributed by atoms with Gasteiger partial charge in [-0.3, -0.25) is 14.9 Å². The number of hydrogen-bond donors (Lipinski definition) is 2. The number of imide groups is 1. The molecule has 0 atom stereocenters. The minimum atomic E-state index is -0.653. The number of thiazole rings is 1. The van der Waals surface area contributed by atoms with Gasteiger partial charge in [-0.05, 0) is 52.2 Å². The molecule has 1 aromatic heterocycles. The molecule has 0 fully saturated rings. The van der Waals surface area contributed by atoms with Crippen molar-refractivity contribution in [2.45, 2.75) is 52.0 Å². The fourth-order valence-corrected chi connectivity index (χ4v) is 3.33. The molecule has 27 heavy (non-hydrogen) atoms. The smallest absolute Gasteiger partial charge is 0.321 e. The van der Waals surface area contributed by atoms with Crippen LogP contribution in [0.15, 0.2) is 24.3 Å². The third kappa shape index (κ3) is 7.74. The molecule has 0 aliphatic heterocycles. The zero-order chi connectivity index (χ0) is 19.9. The highest BCUT2D eigenvalue weighted by molar-refractivity contribution is 7.18. The van der Waals surface area contributed by atoms with Crippen LogP contribution >= 0.6 is 11.3 Å². The van der Waals surface area contributed by atoms with Crippen LogP contribution < -0.4 is 10.6 Å². The largest absolute Gasteiger partial charge is 0.456 e. The van der Waals surface area contributed by atoms with Gasteiger partial charge in [0.1, 0.15) is 0 Å². The monoisotopic (exact) mass is 391 g/mol. The molecule has 3 amide bonds. The Labute approximate surface area is 162 Å². The second-order valence-corrected chi connectivity index (χ2v) is 8.31. The highest BCUT2D eigenvalue weighted by Gasteiger charge is 2.16. The number of para-hydroxylation sites is 1. The third-order valence-electron chi connectivity index (χ3n) is 3.47. The summed E-state index contributed by atoms with van der Waals surface area (Å²) in [6.45, 7) is 4.93. The quantitative estimate of drug-likeness (QED) is 0.558. The number of aryl methyl sites for hydroxylation is 1. The van der Waals surface area contributed by atoms with Gasteiger partial charge in [-0.25, -0.2) is 9.78 Å². The first-order chi connectivity index (χ1) is 12.7. The van der Waals surface area contributed by atoms with E-state index in [4.69, 9.17) is 4.74 Å². The molecule has 7 nitrogen and oxygen atoms in total. The summed E-state index contributed by atoms with van der Waals surface area (Å²) in [5.41, 5.74) is 0.544. The maximum absolute atomic E-state index is 11.7. The van der Waals surface area contributed by atoms with Crippen molar-refractivity contribution in [3.8, 4) is 0 Å². The topological polar surface area (TPSA) is 97.4 Å². The number of unbranched alkanes of at least 4 members (excludes halogenated alkanes) is 1. The molecular formula is C19H25N3O4S. The average Bonchev–Trinajstić information content (AvgIpc) is 2.98. The van der Waals surface area contributed by atoms with Crippen LogP contribution in [-0.2, 0) is 20.7 Å². The molecule has 146 valence electrons. The lowest BCUT2D eigenvalue weighted by molar-refractivity contribution is -0.148. The molecule has 0 saturated carbocycles. The van der Waals surface area contributed by atoms with Crippen molar-refractivity contribution in [2.24, 2.45) is 0 Å². The molecule has 1 heterocycles. The molecule has 2 aromatic rings. The fourth-order valence-electron chi connectivity index (χ4n) is 2.33. The first-order valence-corrected chi connectivity index (χ1v) is 9.67. The number of nitrogens with one attached hydrogen (secondary N) is 2. The number of urea groups is 1. The van der Waals surface area contributed by atoms with Gasteiger partial charge < -0.3 is 10.1 Å². The molecule has 2 rings (SSSR count). The Bertz CT molecular complexity index is 778. The Morgan fingerprint density at radius 1 is 1.15 bits per heavy atom. The van der Waals surface area contributed by atoms with E-state index < -0.39 is 30.1 Å². The Balaban J connectivity index is 1.60. The molecule has 1 aromatic carbocycles. The second kappa shape index (κ2) is 9.45. The van der Waals surface area contributed by atoms with Crippen molar-refractivity contribution in [1.29, 1.82) is 0 Å². The third-order valence-corrected chi connectivity index (χ3v) is 4.56. The summed E-state index contributed by atoms with van der Waals surface area (Å²) in [7, 11) is 0. The van der Waals surface area contributed by atoms with E-state index in [-0.39, 0.29) is 6.42 Å². The molecule has 0 spiro atoms. The first kappa shape index (κ1) is 20.8. The Morgan fingerprint density at radius 2 is 1.89 bits per heavy atom. The summed E-state index contributed by atoms with van der Waals surface area (Å²) in [6, 6.07) is 7.37. The van der Waals surface area contributed by atoms with Crippen LogP contribution in [0.1, 0.15) is 45.0 Å². The number of carbonyl (C=O) groups is 3. The van der Waals surface area contributed by atoms with Gasteiger partial charge in [-0.15, -0.1) is 11.3 Å². The summed E-state index contributed by atoms with van der Waals surface area (Å²) >= 11 is 1.66. The zero-order valence-electron chi connectivity index (χ0n) is 15.8. The van der Waals surface area contributed by atoms with Gasteiger partial charge in [0.2, 0.25) is 0 Å². The number of hydrogen-bond acceptors (Lipinski definition) is 6. The predicted octanol–water partition coefficient (Wildman–Crippen LogP) is 3.18. The van der Waals surface area contributed by atoms with Gasteiger partial charge in [-0.2, -0.15) is 0 Å². The van der Waals surface area contributed by atoms with Crippen molar-refractivity contribution in [3.05, 3.63) is 29.3 Å². The van der Waals surface area contributed by atoms with Crippen LogP contribution in [0.4, 0.5) is 4.79 Å². The standard InChI is InChI=1S/C19H25N3O4S/c1-19(2,3)22-18(25)21-15(23)12-26-17(24)11-7-6-10-16-20-13-8-4-5-9-14(13)27-16/h4-5,8-9H,6-7,10-12H2,1-3H3,(H2,21,22,23,25). The number of nitrogens with zero attached hydrogens (tertiary/aromatic N) is 1. The number of esters is 1. The summed E-state index contributed by atoms with van der Waals surface area (Å²) in [5, 5.41) is 5.76. The molecule has 0 radical (unpaired) electrons. The Kier molecular flexibility index (Phi) is 7.29. The predicted molar refractivity (Wildman–Crippen MR) is 105 cm³/mol. The fraction of sp³-hybridized carbons (Fsp3) is 0.474. The van der Waals surface area contributed by atoms with Crippen LogP contribution in [0.5, 0.6) is 0 Å². The van der Waals surface area contributed by atoms with Crippen molar-refractivity contribution in [3.63, 3.8) is 0 Å². The van der Waals surface area contributed by atoms with Crippen LogP contribution in [0.2, 0.25) is 0 Å². The average molecular weight is 391 g/mol. The van der Waals surface area contributed by atoms with E-state index in [0.29, 0.717) is 6.42 Å². The summed E-state index contributed by atoms with van der Waals surface area (Å²) in [6.07, 6.45) is 2.50.